The zero-order chi connectivity index (χ0) is 13.4. The van der Waals surface area contributed by atoms with Crippen LogP contribution >= 0.6 is 11.8 Å². The van der Waals surface area contributed by atoms with E-state index in [0.717, 1.165) is 37.4 Å². The first kappa shape index (κ1) is 12.9. The largest absolute Gasteiger partial charge is 0.354 e. The molecule has 1 saturated carbocycles. The molecule has 0 aromatic carbocycles. The van der Waals surface area contributed by atoms with Crippen LogP contribution in [0.1, 0.15) is 30.9 Å². The highest BCUT2D eigenvalue weighted by Crippen LogP contribution is 2.38. The van der Waals surface area contributed by atoms with Gasteiger partial charge in [-0.1, -0.05) is 0 Å². The van der Waals surface area contributed by atoms with Gasteiger partial charge < -0.3 is 10.2 Å². The van der Waals surface area contributed by atoms with Crippen molar-refractivity contribution in [3.05, 3.63) is 17.8 Å². The maximum absolute atomic E-state index is 4.39. The Bertz CT molecular complexity index is 447. The number of anilines is 1. The molecule has 0 amide bonds. The van der Waals surface area contributed by atoms with Crippen molar-refractivity contribution in [3.63, 3.8) is 0 Å². The van der Waals surface area contributed by atoms with E-state index in [2.05, 4.69) is 44.3 Å². The van der Waals surface area contributed by atoms with Gasteiger partial charge in [0.15, 0.2) is 5.82 Å². The maximum atomic E-state index is 4.39. The molecule has 0 spiro atoms. The predicted octanol–water partition coefficient (Wildman–Crippen LogP) is 1.89. The number of hydrogen-bond acceptors (Lipinski definition) is 5. The monoisotopic (exact) mass is 290 g/mol. The standard InChI is InChI=1S/C15H22N4S/c1-2-12(1)14-3-4-15(18-17-14)19-8-11(9-19)7-16-13-5-6-20-10-13/h3-4,11-13,16H,1-2,5-10H2. The molecule has 1 aromatic rings. The van der Waals surface area contributed by atoms with Crippen molar-refractivity contribution in [1.29, 1.82) is 0 Å². The Hall–Kier alpha value is -0.810. The van der Waals surface area contributed by atoms with E-state index < -0.39 is 0 Å². The van der Waals surface area contributed by atoms with Crippen LogP contribution in [0.4, 0.5) is 5.82 Å². The summed E-state index contributed by atoms with van der Waals surface area (Å²) in [5.41, 5.74) is 1.19. The minimum Gasteiger partial charge on any atom is -0.354 e. The molecule has 4 rings (SSSR count). The SMILES string of the molecule is c1cc(N2CC(CNC3CCSC3)C2)nnc1C1CC1. The molecular weight excluding hydrogens is 268 g/mol. The summed E-state index contributed by atoms with van der Waals surface area (Å²) in [5.74, 6) is 5.17. The van der Waals surface area contributed by atoms with Gasteiger partial charge in [-0.3, -0.25) is 0 Å². The molecule has 0 radical (unpaired) electrons. The highest BCUT2D eigenvalue weighted by Gasteiger charge is 2.30. The highest BCUT2D eigenvalue weighted by molar-refractivity contribution is 7.99. The lowest BCUT2D eigenvalue weighted by atomic mass is 9.99. The Morgan fingerprint density at radius 1 is 1.20 bits per heavy atom. The van der Waals surface area contributed by atoms with Crippen molar-refractivity contribution in [2.24, 2.45) is 5.92 Å². The number of thioether (sulfide) groups is 1. The van der Waals surface area contributed by atoms with Gasteiger partial charge in [0.2, 0.25) is 0 Å². The molecule has 108 valence electrons. The Kier molecular flexibility index (Phi) is 3.56. The quantitative estimate of drug-likeness (QED) is 0.897. The van der Waals surface area contributed by atoms with Gasteiger partial charge in [0.25, 0.3) is 0 Å². The van der Waals surface area contributed by atoms with Crippen LogP contribution in [0, 0.1) is 5.92 Å². The molecule has 3 aliphatic rings. The molecule has 2 aliphatic heterocycles. The summed E-state index contributed by atoms with van der Waals surface area (Å²) in [6, 6.07) is 5.07. The van der Waals surface area contributed by atoms with E-state index >= 15 is 0 Å². The van der Waals surface area contributed by atoms with E-state index in [1.807, 2.05) is 0 Å². The average Bonchev–Trinajstić information content (AvgIpc) is 3.15. The highest BCUT2D eigenvalue weighted by atomic mass is 32.2. The molecule has 1 atom stereocenters. The van der Waals surface area contributed by atoms with E-state index in [1.54, 1.807) is 0 Å². The van der Waals surface area contributed by atoms with Gasteiger partial charge in [-0.05, 0) is 37.1 Å². The van der Waals surface area contributed by atoms with Crippen LogP contribution in [0.3, 0.4) is 0 Å². The Morgan fingerprint density at radius 2 is 2.10 bits per heavy atom. The van der Waals surface area contributed by atoms with Crippen molar-refractivity contribution >= 4 is 17.6 Å². The van der Waals surface area contributed by atoms with Gasteiger partial charge in [-0.25, -0.2) is 0 Å². The molecule has 2 saturated heterocycles. The Balaban J connectivity index is 1.23. The van der Waals surface area contributed by atoms with Gasteiger partial charge in [0, 0.05) is 43.3 Å². The first-order valence-corrected chi connectivity index (χ1v) is 8.93. The van der Waals surface area contributed by atoms with Crippen molar-refractivity contribution in [2.45, 2.75) is 31.2 Å². The van der Waals surface area contributed by atoms with Crippen molar-refractivity contribution in [2.75, 3.05) is 36.0 Å². The van der Waals surface area contributed by atoms with E-state index in [9.17, 15) is 0 Å². The summed E-state index contributed by atoms with van der Waals surface area (Å²) in [6.07, 6.45) is 3.94. The fourth-order valence-electron chi connectivity index (χ4n) is 3.02. The summed E-state index contributed by atoms with van der Waals surface area (Å²) in [5, 5.41) is 12.5. The molecule has 1 unspecified atom stereocenters. The van der Waals surface area contributed by atoms with Gasteiger partial charge in [0.1, 0.15) is 0 Å². The van der Waals surface area contributed by atoms with Crippen LogP contribution in [0.5, 0.6) is 0 Å². The lowest BCUT2D eigenvalue weighted by molar-refractivity contribution is 0.365. The first-order chi connectivity index (χ1) is 9.88. The van der Waals surface area contributed by atoms with Crippen LogP contribution < -0.4 is 10.2 Å². The van der Waals surface area contributed by atoms with Gasteiger partial charge >= 0.3 is 0 Å². The molecule has 0 bridgehead atoms. The lowest BCUT2D eigenvalue weighted by Gasteiger charge is -2.40. The third-order valence-corrected chi connectivity index (χ3v) is 5.74. The number of nitrogens with one attached hydrogen (secondary N) is 1. The second-order valence-corrected chi connectivity index (χ2v) is 7.48. The fraction of sp³-hybridized carbons (Fsp3) is 0.733. The van der Waals surface area contributed by atoms with E-state index in [0.29, 0.717) is 5.92 Å². The number of nitrogens with zero attached hydrogens (tertiary/aromatic N) is 3. The second kappa shape index (κ2) is 5.53. The van der Waals surface area contributed by atoms with Crippen LogP contribution in [0.25, 0.3) is 0 Å². The minimum absolute atomic E-state index is 0.703. The van der Waals surface area contributed by atoms with E-state index in [4.69, 9.17) is 0 Å². The number of rotatable bonds is 5. The zero-order valence-electron chi connectivity index (χ0n) is 11.8. The first-order valence-electron chi connectivity index (χ1n) is 7.78. The molecule has 20 heavy (non-hydrogen) atoms. The van der Waals surface area contributed by atoms with Crippen LogP contribution in [0.15, 0.2) is 12.1 Å². The molecule has 3 heterocycles. The topological polar surface area (TPSA) is 41.0 Å². The third-order valence-electron chi connectivity index (χ3n) is 4.57. The molecular formula is C15H22N4S. The van der Waals surface area contributed by atoms with Crippen molar-refractivity contribution in [1.82, 2.24) is 15.5 Å². The Morgan fingerprint density at radius 3 is 2.75 bits per heavy atom. The van der Waals surface area contributed by atoms with Gasteiger partial charge in [-0.2, -0.15) is 16.9 Å². The van der Waals surface area contributed by atoms with Crippen LogP contribution in [-0.2, 0) is 0 Å². The molecule has 4 nitrogen and oxygen atoms in total. The third kappa shape index (κ3) is 2.79. The summed E-state index contributed by atoms with van der Waals surface area (Å²) in [6.45, 7) is 3.42. The molecule has 1 aromatic heterocycles. The van der Waals surface area contributed by atoms with E-state index in [-0.39, 0.29) is 0 Å². The zero-order valence-corrected chi connectivity index (χ0v) is 12.6. The Labute approximate surface area is 124 Å². The van der Waals surface area contributed by atoms with Gasteiger partial charge in [0.05, 0.1) is 5.69 Å². The van der Waals surface area contributed by atoms with Crippen molar-refractivity contribution in [3.8, 4) is 0 Å². The van der Waals surface area contributed by atoms with Crippen molar-refractivity contribution < 1.29 is 0 Å². The maximum Gasteiger partial charge on any atom is 0.151 e. The van der Waals surface area contributed by atoms with E-state index in [1.165, 1.54) is 36.5 Å². The fourth-order valence-corrected chi connectivity index (χ4v) is 4.20. The van der Waals surface area contributed by atoms with Gasteiger partial charge in [-0.15, -0.1) is 5.10 Å². The normalized spacial score (nSPS) is 26.8. The summed E-state index contributed by atoms with van der Waals surface area (Å²) in [4.78, 5) is 2.35. The average molecular weight is 290 g/mol. The molecule has 3 fully saturated rings. The minimum atomic E-state index is 0.703. The molecule has 1 N–H and O–H groups in total. The summed E-state index contributed by atoms with van der Waals surface area (Å²) >= 11 is 2.07. The summed E-state index contributed by atoms with van der Waals surface area (Å²) < 4.78 is 0. The van der Waals surface area contributed by atoms with Crippen LogP contribution in [0.2, 0.25) is 0 Å². The molecule has 1 aliphatic carbocycles. The lowest BCUT2D eigenvalue weighted by Crippen LogP contribution is -2.52. The number of hydrogen-bond donors (Lipinski definition) is 1. The smallest absolute Gasteiger partial charge is 0.151 e. The second-order valence-electron chi connectivity index (χ2n) is 6.33. The molecule has 5 heteroatoms. The summed E-state index contributed by atoms with van der Waals surface area (Å²) in [7, 11) is 0. The van der Waals surface area contributed by atoms with Crippen LogP contribution in [-0.4, -0.2) is 47.4 Å². The number of aromatic nitrogens is 2. The predicted molar refractivity (Wildman–Crippen MR) is 83.4 cm³/mol.